The highest BCUT2D eigenvalue weighted by Crippen LogP contribution is 2.56. The molecule has 1 heterocycles. The number of aromatic nitrogens is 1. The van der Waals surface area contributed by atoms with Gasteiger partial charge in [0.1, 0.15) is 11.4 Å². The Kier molecular flexibility index (Phi) is 4.05. The van der Waals surface area contributed by atoms with Gasteiger partial charge in [0.25, 0.3) is 0 Å². The quantitative estimate of drug-likeness (QED) is 0.630. The fourth-order valence-electron chi connectivity index (χ4n) is 5.88. The highest BCUT2D eigenvalue weighted by atomic mass is 16.4. The van der Waals surface area contributed by atoms with Crippen LogP contribution in [0.3, 0.4) is 0 Å². The van der Waals surface area contributed by atoms with Crippen LogP contribution in [-0.2, 0) is 0 Å². The van der Waals surface area contributed by atoms with E-state index < -0.39 is 11.6 Å². The first kappa shape index (κ1) is 17.5. The summed E-state index contributed by atoms with van der Waals surface area (Å²) in [4.78, 5) is 16.0. The van der Waals surface area contributed by atoms with Gasteiger partial charge in [0.15, 0.2) is 0 Å². The number of hydrogen-bond acceptors (Lipinski definition) is 5. The van der Waals surface area contributed by atoms with Gasteiger partial charge in [-0.25, -0.2) is 9.78 Å². The van der Waals surface area contributed by atoms with Crippen LogP contribution in [0, 0.1) is 17.8 Å². The third kappa shape index (κ3) is 3.11. The third-order valence-corrected chi connectivity index (χ3v) is 6.74. The zero-order chi connectivity index (χ0) is 19.3. The smallest absolute Gasteiger partial charge is 0.339 e. The van der Waals surface area contributed by atoms with Crippen molar-refractivity contribution in [2.75, 3.05) is 10.6 Å². The number of aromatic carboxylic acids is 1. The number of nitrogens with one attached hydrogen (secondary N) is 2. The van der Waals surface area contributed by atoms with Crippen molar-refractivity contribution in [2.45, 2.75) is 43.7 Å². The van der Waals surface area contributed by atoms with E-state index in [0.717, 1.165) is 37.8 Å². The molecule has 146 valence electrons. The zero-order valence-electron chi connectivity index (χ0n) is 15.6. The second kappa shape index (κ2) is 6.48. The van der Waals surface area contributed by atoms with E-state index in [-0.39, 0.29) is 11.6 Å². The van der Waals surface area contributed by atoms with Crippen molar-refractivity contribution in [3.05, 3.63) is 48.2 Å². The lowest BCUT2D eigenvalue weighted by Crippen LogP contribution is -2.59. The van der Waals surface area contributed by atoms with Crippen LogP contribution in [0.25, 0.3) is 0 Å². The zero-order valence-corrected chi connectivity index (χ0v) is 15.6. The highest BCUT2D eigenvalue weighted by molar-refractivity contribution is 5.94. The summed E-state index contributed by atoms with van der Waals surface area (Å²) in [5.41, 5.74) is 1.19. The molecule has 4 aliphatic carbocycles. The van der Waals surface area contributed by atoms with Gasteiger partial charge >= 0.3 is 5.97 Å². The molecule has 4 N–H and O–H groups in total. The molecule has 5 atom stereocenters. The molecular weight excluding hydrogens is 354 g/mol. The van der Waals surface area contributed by atoms with Crippen molar-refractivity contribution >= 4 is 23.2 Å². The molecule has 0 unspecified atom stereocenters. The van der Waals surface area contributed by atoms with Crippen LogP contribution in [-0.4, -0.2) is 32.8 Å². The van der Waals surface area contributed by atoms with Gasteiger partial charge in [-0.3, -0.25) is 0 Å². The maximum absolute atomic E-state index is 11.7. The van der Waals surface area contributed by atoms with E-state index in [1.807, 2.05) is 30.3 Å². The standard InChI is InChI=1S/C22H25N3O3/c26-21(27)17-12-23-19(24-16-4-2-1-3-5-16)8-18(17)25-20-14-6-13-7-15(20)11-22(28,9-13)10-14/h1-5,8,12-15,20,28H,6-7,9-11H2,(H,26,27)(H2,23,24,25)/t13-,14+,15-,20-,22+. The maximum Gasteiger partial charge on any atom is 0.339 e. The summed E-state index contributed by atoms with van der Waals surface area (Å²) in [6, 6.07) is 11.7. The Morgan fingerprint density at radius 3 is 2.46 bits per heavy atom. The minimum Gasteiger partial charge on any atom is -0.478 e. The average Bonchev–Trinajstić information content (AvgIpc) is 2.64. The molecule has 4 aliphatic rings. The van der Waals surface area contributed by atoms with Gasteiger partial charge in [-0.15, -0.1) is 0 Å². The molecule has 0 spiro atoms. The number of rotatable bonds is 5. The Bertz CT molecular complexity index is 885. The second-order valence-corrected chi connectivity index (χ2v) is 8.78. The van der Waals surface area contributed by atoms with Crippen molar-refractivity contribution in [1.29, 1.82) is 0 Å². The molecule has 4 saturated carbocycles. The minimum atomic E-state index is -0.983. The maximum atomic E-state index is 11.7. The molecule has 28 heavy (non-hydrogen) atoms. The largest absolute Gasteiger partial charge is 0.478 e. The summed E-state index contributed by atoms with van der Waals surface area (Å²) in [6.07, 6.45) is 6.24. The van der Waals surface area contributed by atoms with Crippen LogP contribution >= 0.6 is 0 Å². The minimum absolute atomic E-state index is 0.186. The van der Waals surface area contributed by atoms with Crippen LogP contribution in [0.5, 0.6) is 0 Å². The van der Waals surface area contributed by atoms with Gasteiger partial charge in [-0.2, -0.15) is 0 Å². The molecule has 1 aromatic heterocycles. The number of carbonyl (C=O) groups is 1. The SMILES string of the molecule is O=C(O)c1cnc(Nc2ccccc2)cc1N[C@H]1[C@@H]2C[C@H]3C[C@H]1C[C@@](O)(C3)C2. The molecule has 2 aromatic rings. The van der Waals surface area contributed by atoms with Crippen molar-refractivity contribution in [3.8, 4) is 0 Å². The van der Waals surface area contributed by atoms with Crippen molar-refractivity contribution in [1.82, 2.24) is 4.98 Å². The van der Waals surface area contributed by atoms with E-state index >= 15 is 0 Å². The molecular formula is C22H25N3O3. The summed E-state index contributed by atoms with van der Waals surface area (Å²) < 4.78 is 0. The van der Waals surface area contributed by atoms with Crippen LogP contribution in [0.15, 0.2) is 42.6 Å². The molecule has 0 saturated heterocycles. The number of hydrogen-bond donors (Lipinski definition) is 4. The molecule has 0 radical (unpaired) electrons. The fourth-order valence-corrected chi connectivity index (χ4v) is 5.88. The van der Waals surface area contributed by atoms with E-state index in [1.165, 1.54) is 6.20 Å². The highest BCUT2D eigenvalue weighted by Gasteiger charge is 2.54. The molecule has 0 amide bonds. The molecule has 4 bridgehead atoms. The van der Waals surface area contributed by atoms with Gasteiger partial charge in [0, 0.05) is 24.0 Å². The Balaban J connectivity index is 1.42. The number of aliphatic hydroxyl groups is 1. The predicted molar refractivity (Wildman–Crippen MR) is 107 cm³/mol. The van der Waals surface area contributed by atoms with Crippen molar-refractivity contribution in [2.24, 2.45) is 17.8 Å². The van der Waals surface area contributed by atoms with E-state index in [4.69, 9.17) is 0 Å². The summed E-state index contributed by atoms with van der Waals surface area (Å²) in [7, 11) is 0. The van der Waals surface area contributed by atoms with Crippen LogP contribution in [0.2, 0.25) is 0 Å². The lowest BCUT2D eigenvalue weighted by molar-refractivity contribution is -0.129. The van der Waals surface area contributed by atoms with Crippen molar-refractivity contribution < 1.29 is 15.0 Å². The first-order chi connectivity index (χ1) is 13.5. The Labute approximate surface area is 164 Å². The summed E-state index contributed by atoms with van der Waals surface area (Å²) >= 11 is 0. The molecule has 1 aromatic carbocycles. The predicted octanol–water partition coefficient (Wildman–Crippen LogP) is 3.87. The Morgan fingerprint density at radius 2 is 1.82 bits per heavy atom. The molecule has 4 fully saturated rings. The Hall–Kier alpha value is -2.60. The number of pyridine rings is 1. The van der Waals surface area contributed by atoms with E-state index in [0.29, 0.717) is 29.3 Å². The topological polar surface area (TPSA) is 94.5 Å². The Morgan fingerprint density at radius 1 is 1.11 bits per heavy atom. The lowest BCUT2D eigenvalue weighted by atomic mass is 9.52. The molecule has 0 aliphatic heterocycles. The number of carboxylic acids is 1. The number of para-hydroxylation sites is 1. The third-order valence-electron chi connectivity index (χ3n) is 6.74. The van der Waals surface area contributed by atoms with Crippen LogP contribution in [0.1, 0.15) is 42.5 Å². The number of nitrogens with zero attached hydrogens (tertiary/aromatic N) is 1. The second-order valence-electron chi connectivity index (χ2n) is 8.78. The normalized spacial score (nSPS) is 32.9. The summed E-state index contributed by atoms with van der Waals surface area (Å²) in [5, 5.41) is 27.2. The van der Waals surface area contributed by atoms with Gasteiger partial charge < -0.3 is 20.8 Å². The summed E-state index contributed by atoms with van der Waals surface area (Å²) in [5.74, 6) is 1.05. The first-order valence-electron chi connectivity index (χ1n) is 10.0. The molecule has 6 nitrogen and oxygen atoms in total. The molecule has 6 heteroatoms. The number of benzene rings is 1. The van der Waals surface area contributed by atoms with Crippen molar-refractivity contribution in [3.63, 3.8) is 0 Å². The van der Waals surface area contributed by atoms with Crippen LogP contribution in [0.4, 0.5) is 17.2 Å². The van der Waals surface area contributed by atoms with Gasteiger partial charge in [-0.05, 0) is 62.0 Å². The number of anilines is 3. The van der Waals surface area contributed by atoms with Crippen LogP contribution < -0.4 is 10.6 Å². The van der Waals surface area contributed by atoms with E-state index in [9.17, 15) is 15.0 Å². The fraction of sp³-hybridized carbons (Fsp3) is 0.455. The number of carboxylic acid groups (broad SMARTS) is 1. The van der Waals surface area contributed by atoms with Gasteiger partial charge in [-0.1, -0.05) is 18.2 Å². The van der Waals surface area contributed by atoms with E-state index in [1.54, 1.807) is 6.07 Å². The van der Waals surface area contributed by atoms with Gasteiger partial charge in [0.05, 0.1) is 11.3 Å². The van der Waals surface area contributed by atoms with E-state index in [2.05, 4.69) is 15.6 Å². The average molecular weight is 379 g/mol. The van der Waals surface area contributed by atoms with Gasteiger partial charge in [0.2, 0.25) is 0 Å². The first-order valence-corrected chi connectivity index (χ1v) is 10.0. The monoisotopic (exact) mass is 379 g/mol. The summed E-state index contributed by atoms with van der Waals surface area (Å²) in [6.45, 7) is 0. The lowest BCUT2D eigenvalue weighted by Gasteiger charge is -2.58. The molecule has 6 rings (SSSR count).